The zero-order chi connectivity index (χ0) is 18.6. The molecule has 1 aliphatic rings. The highest BCUT2D eigenvalue weighted by Crippen LogP contribution is 2.20. The highest BCUT2D eigenvalue weighted by Gasteiger charge is 2.24. The van der Waals surface area contributed by atoms with Gasteiger partial charge in [-0.15, -0.1) is 0 Å². The van der Waals surface area contributed by atoms with Crippen LogP contribution >= 0.6 is 0 Å². The van der Waals surface area contributed by atoms with Gasteiger partial charge in [-0.2, -0.15) is 0 Å². The van der Waals surface area contributed by atoms with E-state index in [0.717, 1.165) is 24.1 Å². The zero-order valence-electron chi connectivity index (χ0n) is 14.6. The maximum Gasteiger partial charge on any atom is 0.270 e. The Bertz CT molecular complexity index is 967. The van der Waals surface area contributed by atoms with Gasteiger partial charge in [-0.3, -0.25) is 19.6 Å². The molecule has 1 saturated carbocycles. The minimum absolute atomic E-state index is 0.242. The van der Waals surface area contributed by atoms with Gasteiger partial charge in [-0.1, -0.05) is 30.3 Å². The van der Waals surface area contributed by atoms with Gasteiger partial charge in [-0.25, -0.2) is 0 Å². The number of nitrogens with zero attached hydrogens (tertiary/aromatic N) is 2. The second kappa shape index (κ2) is 7.37. The number of hydrogen-bond acceptors (Lipinski definition) is 4. The van der Waals surface area contributed by atoms with Gasteiger partial charge < -0.3 is 10.6 Å². The number of aromatic nitrogens is 2. The molecule has 0 unspecified atom stereocenters. The smallest absolute Gasteiger partial charge is 0.270 e. The van der Waals surface area contributed by atoms with Gasteiger partial charge >= 0.3 is 0 Å². The standard InChI is InChI=1S/C21H18N4O2/c26-20(15-10-11-22-19(12-15)21(27)24-16-6-7-16)25-17-8-9-18(23-13-17)14-4-2-1-3-5-14/h1-5,8-13,16H,6-7H2,(H,24,27)(H,25,26). The second-order valence-corrected chi connectivity index (χ2v) is 6.43. The molecule has 4 rings (SSSR count). The van der Waals surface area contributed by atoms with Crippen molar-refractivity contribution < 1.29 is 9.59 Å². The Hall–Kier alpha value is -3.54. The largest absolute Gasteiger partial charge is 0.348 e. The molecule has 0 bridgehead atoms. The normalized spacial score (nSPS) is 13.0. The average Bonchev–Trinajstić information content (AvgIpc) is 3.53. The van der Waals surface area contributed by atoms with Crippen LogP contribution in [0.3, 0.4) is 0 Å². The first-order valence-electron chi connectivity index (χ1n) is 8.79. The Kier molecular flexibility index (Phi) is 4.61. The van der Waals surface area contributed by atoms with Crippen molar-refractivity contribution in [3.05, 3.63) is 78.2 Å². The quantitative estimate of drug-likeness (QED) is 0.733. The summed E-state index contributed by atoms with van der Waals surface area (Å²) < 4.78 is 0. The predicted octanol–water partition coefficient (Wildman–Crippen LogP) is 3.29. The van der Waals surface area contributed by atoms with E-state index in [9.17, 15) is 9.59 Å². The Morgan fingerprint density at radius 1 is 0.926 bits per heavy atom. The number of anilines is 1. The molecular weight excluding hydrogens is 340 g/mol. The Balaban J connectivity index is 1.45. The molecule has 1 aliphatic carbocycles. The van der Waals surface area contributed by atoms with E-state index < -0.39 is 0 Å². The van der Waals surface area contributed by atoms with E-state index >= 15 is 0 Å². The van der Waals surface area contributed by atoms with Crippen LogP contribution in [0.2, 0.25) is 0 Å². The zero-order valence-corrected chi connectivity index (χ0v) is 14.6. The fraction of sp³-hybridized carbons (Fsp3) is 0.143. The van der Waals surface area contributed by atoms with Crippen molar-refractivity contribution in [2.45, 2.75) is 18.9 Å². The van der Waals surface area contributed by atoms with E-state index in [-0.39, 0.29) is 23.6 Å². The third kappa shape index (κ3) is 4.17. The van der Waals surface area contributed by atoms with E-state index in [0.29, 0.717) is 11.3 Å². The van der Waals surface area contributed by atoms with Gasteiger partial charge in [0.05, 0.1) is 17.6 Å². The minimum Gasteiger partial charge on any atom is -0.348 e. The third-order valence-corrected chi connectivity index (χ3v) is 4.26. The fourth-order valence-electron chi connectivity index (χ4n) is 2.63. The van der Waals surface area contributed by atoms with Gasteiger partial charge in [0, 0.05) is 23.4 Å². The summed E-state index contributed by atoms with van der Waals surface area (Å²) in [5.74, 6) is -0.562. The van der Waals surface area contributed by atoms with Gasteiger partial charge in [0.2, 0.25) is 0 Å². The van der Waals surface area contributed by atoms with Crippen molar-refractivity contribution in [3.8, 4) is 11.3 Å². The number of hydrogen-bond donors (Lipinski definition) is 2. The summed E-state index contributed by atoms with van der Waals surface area (Å²) in [5.41, 5.74) is 3.04. The van der Waals surface area contributed by atoms with Crippen LogP contribution in [0.15, 0.2) is 67.0 Å². The molecule has 134 valence electrons. The number of pyridine rings is 2. The molecule has 2 amide bonds. The number of rotatable bonds is 5. The molecule has 0 saturated heterocycles. The SMILES string of the molecule is O=C(Nc1ccc(-c2ccccc2)nc1)c1ccnc(C(=O)NC2CC2)c1. The van der Waals surface area contributed by atoms with Gasteiger partial charge in [0.1, 0.15) is 5.69 Å². The van der Waals surface area contributed by atoms with Crippen molar-refractivity contribution in [1.29, 1.82) is 0 Å². The summed E-state index contributed by atoms with van der Waals surface area (Å²) in [6.07, 6.45) is 5.07. The summed E-state index contributed by atoms with van der Waals surface area (Å²) in [7, 11) is 0. The van der Waals surface area contributed by atoms with Crippen LogP contribution in [0.4, 0.5) is 5.69 Å². The molecule has 1 fully saturated rings. The molecular formula is C21H18N4O2. The molecule has 3 aromatic rings. The van der Waals surface area contributed by atoms with Crippen molar-refractivity contribution in [1.82, 2.24) is 15.3 Å². The maximum atomic E-state index is 12.5. The predicted molar refractivity (Wildman–Crippen MR) is 102 cm³/mol. The van der Waals surface area contributed by atoms with Crippen molar-refractivity contribution in [2.24, 2.45) is 0 Å². The summed E-state index contributed by atoms with van der Waals surface area (Å²) in [5, 5.41) is 5.66. The van der Waals surface area contributed by atoms with Gasteiger partial charge in [0.25, 0.3) is 11.8 Å². The van der Waals surface area contributed by atoms with Crippen LogP contribution in [0, 0.1) is 0 Å². The highest BCUT2D eigenvalue weighted by molar-refractivity contribution is 6.05. The first kappa shape index (κ1) is 16.9. The molecule has 2 N–H and O–H groups in total. The number of carbonyl (C=O) groups is 2. The van der Waals surface area contributed by atoms with E-state index in [4.69, 9.17) is 0 Å². The molecule has 2 heterocycles. The first-order chi connectivity index (χ1) is 13.2. The molecule has 6 heteroatoms. The van der Waals surface area contributed by atoms with Crippen LogP contribution in [-0.2, 0) is 0 Å². The van der Waals surface area contributed by atoms with Gasteiger partial charge in [-0.05, 0) is 37.1 Å². The van der Waals surface area contributed by atoms with Crippen molar-refractivity contribution in [3.63, 3.8) is 0 Å². The third-order valence-electron chi connectivity index (χ3n) is 4.26. The summed E-state index contributed by atoms with van der Waals surface area (Å²) >= 11 is 0. The Morgan fingerprint density at radius 3 is 2.44 bits per heavy atom. The first-order valence-corrected chi connectivity index (χ1v) is 8.79. The molecule has 0 radical (unpaired) electrons. The summed E-state index contributed by atoms with van der Waals surface area (Å²) in [6, 6.07) is 16.8. The number of amides is 2. The lowest BCUT2D eigenvalue weighted by molar-refractivity contribution is 0.0946. The molecule has 2 aromatic heterocycles. The average molecular weight is 358 g/mol. The second-order valence-electron chi connectivity index (χ2n) is 6.43. The molecule has 0 aliphatic heterocycles. The Morgan fingerprint density at radius 2 is 1.74 bits per heavy atom. The fourth-order valence-corrected chi connectivity index (χ4v) is 2.63. The maximum absolute atomic E-state index is 12.5. The molecule has 27 heavy (non-hydrogen) atoms. The lowest BCUT2D eigenvalue weighted by Crippen LogP contribution is -2.26. The molecule has 1 aromatic carbocycles. The van der Waals surface area contributed by atoms with Crippen LogP contribution in [-0.4, -0.2) is 27.8 Å². The van der Waals surface area contributed by atoms with E-state index in [1.165, 1.54) is 12.3 Å². The highest BCUT2D eigenvalue weighted by atomic mass is 16.2. The number of carbonyl (C=O) groups excluding carboxylic acids is 2. The van der Waals surface area contributed by atoms with E-state index in [2.05, 4.69) is 20.6 Å². The lowest BCUT2D eigenvalue weighted by atomic mass is 10.1. The summed E-state index contributed by atoms with van der Waals surface area (Å²) in [4.78, 5) is 33.0. The monoisotopic (exact) mass is 358 g/mol. The van der Waals surface area contributed by atoms with Crippen LogP contribution < -0.4 is 10.6 Å². The Labute approximate surface area is 156 Å². The van der Waals surface area contributed by atoms with Gasteiger partial charge in [0.15, 0.2) is 0 Å². The van der Waals surface area contributed by atoms with Crippen LogP contribution in [0.5, 0.6) is 0 Å². The molecule has 0 atom stereocenters. The van der Waals surface area contributed by atoms with Crippen molar-refractivity contribution >= 4 is 17.5 Å². The van der Waals surface area contributed by atoms with E-state index in [1.54, 1.807) is 18.3 Å². The van der Waals surface area contributed by atoms with Crippen LogP contribution in [0.25, 0.3) is 11.3 Å². The van der Waals surface area contributed by atoms with Crippen molar-refractivity contribution in [2.75, 3.05) is 5.32 Å². The summed E-state index contributed by atoms with van der Waals surface area (Å²) in [6.45, 7) is 0. The molecule has 0 spiro atoms. The van der Waals surface area contributed by atoms with E-state index in [1.807, 2.05) is 36.4 Å². The minimum atomic E-state index is -0.313. The molecule has 6 nitrogen and oxygen atoms in total. The number of nitrogens with one attached hydrogen (secondary N) is 2. The van der Waals surface area contributed by atoms with Crippen LogP contribution in [0.1, 0.15) is 33.7 Å². The lowest BCUT2D eigenvalue weighted by Gasteiger charge is -2.08. The topological polar surface area (TPSA) is 84.0 Å². The number of benzene rings is 1.